The maximum absolute atomic E-state index is 12.1. The monoisotopic (exact) mass is 373 g/mol. The summed E-state index contributed by atoms with van der Waals surface area (Å²) < 4.78 is 10.2. The summed E-state index contributed by atoms with van der Waals surface area (Å²) in [6, 6.07) is 8.50. The Morgan fingerprint density at radius 2 is 2.19 bits per heavy atom. The third kappa shape index (κ3) is 5.36. The summed E-state index contributed by atoms with van der Waals surface area (Å²) in [4.78, 5) is 24.0. The predicted molar refractivity (Wildman–Crippen MR) is 97.5 cm³/mol. The number of nitrogens with one attached hydrogen (secondary N) is 1. The van der Waals surface area contributed by atoms with Crippen LogP contribution in [-0.4, -0.2) is 28.9 Å². The van der Waals surface area contributed by atoms with Gasteiger partial charge in [0.25, 0.3) is 5.91 Å². The van der Waals surface area contributed by atoms with E-state index in [1.165, 1.54) is 18.7 Å². The topological polar surface area (TPSA) is 105 Å². The number of nitriles is 1. The molecule has 0 aliphatic heterocycles. The van der Waals surface area contributed by atoms with Crippen LogP contribution in [0.3, 0.4) is 0 Å². The van der Waals surface area contributed by atoms with Gasteiger partial charge in [0.2, 0.25) is 0 Å². The molecule has 0 fully saturated rings. The predicted octanol–water partition coefficient (Wildman–Crippen LogP) is 2.97. The normalized spacial score (nSPS) is 11.5. The first kappa shape index (κ1) is 19.5. The van der Waals surface area contributed by atoms with Crippen LogP contribution in [0, 0.1) is 25.2 Å². The van der Waals surface area contributed by atoms with Crippen molar-refractivity contribution in [3.05, 3.63) is 46.8 Å². The van der Waals surface area contributed by atoms with Crippen molar-refractivity contribution < 1.29 is 18.8 Å². The summed E-state index contributed by atoms with van der Waals surface area (Å²) in [5, 5.41) is 15.3. The molecule has 1 N–H and O–H groups in total. The number of aromatic nitrogens is 1. The van der Waals surface area contributed by atoms with Gasteiger partial charge in [-0.3, -0.25) is 9.59 Å². The summed E-state index contributed by atoms with van der Waals surface area (Å²) in [5.41, 5.74) is 2.68. The van der Waals surface area contributed by atoms with Crippen LogP contribution in [-0.2, 0) is 20.1 Å². The largest absolute Gasteiger partial charge is 0.452 e. The van der Waals surface area contributed by atoms with Crippen molar-refractivity contribution in [2.45, 2.75) is 32.6 Å². The van der Waals surface area contributed by atoms with Gasteiger partial charge in [-0.15, -0.1) is 11.8 Å². The zero-order chi connectivity index (χ0) is 19.1. The van der Waals surface area contributed by atoms with Crippen molar-refractivity contribution in [1.82, 2.24) is 5.16 Å². The molecule has 0 unspecified atom stereocenters. The molecule has 8 heteroatoms. The lowest BCUT2D eigenvalue weighted by Crippen LogP contribution is -2.30. The number of thioether (sulfide) groups is 1. The first-order chi connectivity index (χ1) is 12.4. The van der Waals surface area contributed by atoms with Gasteiger partial charge in [-0.1, -0.05) is 11.2 Å². The minimum atomic E-state index is -0.937. The summed E-state index contributed by atoms with van der Waals surface area (Å²) in [6.07, 6.45) is -0.937. The minimum Gasteiger partial charge on any atom is -0.452 e. The Kier molecular flexibility index (Phi) is 6.81. The number of carbonyl (C=O) groups excluding carboxylic acids is 2. The molecule has 136 valence electrons. The van der Waals surface area contributed by atoms with Gasteiger partial charge in [-0.05, 0) is 39.0 Å². The first-order valence-corrected chi connectivity index (χ1v) is 9.06. The number of ether oxygens (including phenoxy) is 1. The number of aryl methyl sites for hydroxylation is 2. The summed E-state index contributed by atoms with van der Waals surface area (Å²) in [6.45, 7) is 5.17. The molecule has 0 bridgehead atoms. The standard InChI is InChI=1S/C18H19N3O4S/c1-11-16(12(2)25-21-11)9-26-10-17(22)24-13(3)18(23)20-15-6-4-5-14(7-15)8-19/h4-7,13H,9-10H2,1-3H3,(H,20,23)/t13-/m0/s1. The third-order valence-corrected chi connectivity index (χ3v) is 4.52. The zero-order valence-corrected chi connectivity index (χ0v) is 15.6. The number of amides is 1. The van der Waals surface area contributed by atoms with Crippen LogP contribution in [0.1, 0.15) is 29.5 Å². The van der Waals surface area contributed by atoms with Crippen LogP contribution in [0.15, 0.2) is 28.8 Å². The van der Waals surface area contributed by atoms with Crippen molar-refractivity contribution >= 4 is 29.3 Å². The number of benzene rings is 1. The molecule has 26 heavy (non-hydrogen) atoms. The average molecular weight is 373 g/mol. The molecule has 0 saturated carbocycles. The van der Waals surface area contributed by atoms with Gasteiger partial charge >= 0.3 is 5.97 Å². The molecule has 7 nitrogen and oxygen atoms in total. The number of rotatable bonds is 7. The minimum absolute atomic E-state index is 0.117. The van der Waals surface area contributed by atoms with Crippen LogP contribution >= 0.6 is 11.8 Å². The van der Waals surface area contributed by atoms with E-state index < -0.39 is 18.0 Å². The number of nitrogens with zero attached hydrogens (tertiary/aromatic N) is 2. The SMILES string of the molecule is Cc1noc(C)c1CSCC(=O)O[C@@H](C)C(=O)Nc1cccc(C#N)c1. The lowest BCUT2D eigenvalue weighted by molar-refractivity contribution is -0.150. The van der Waals surface area contributed by atoms with Gasteiger partial charge < -0.3 is 14.6 Å². The molecular formula is C18H19N3O4S. The van der Waals surface area contributed by atoms with Gasteiger partial charge in [0.05, 0.1) is 23.1 Å². The van der Waals surface area contributed by atoms with Crippen molar-refractivity contribution in [3.8, 4) is 6.07 Å². The highest BCUT2D eigenvalue weighted by Gasteiger charge is 2.18. The van der Waals surface area contributed by atoms with E-state index in [9.17, 15) is 9.59 Å². The van der Waals surface area contributed by atoms with Crippen LogP contribution in [0.25, 0.3) is 0 Å². The highest BCUT2D eigenvalue weighted by molar-refractivity contribution is 7.99. The van der Waals surface area contributed by atoms with Crippen molar-refractivity contribution in [2.24, 2.45) is 0 Å². The van der Waals surface area contributed by atoms with Gasteiger partial charge in [0.15, 0.2) is 6.10 Å². The van der Waals surface area contributed by atoms with Gasteiger partial charge in [0, 0.05) is 17.0 Å². The third-order valence-electron chi connectivity index (χ3n) is 3.58. The first-order valence-electron chi connectivity index (χ1n) is 7.90. The van der Waals surface area contributed by atoms with Crippen LogP contribution in [0.4, 0.5) is 5.69 Å². The van der Waals surface area contributed by atoms with Gasteiger partial charge in [0.1, 0.15) is 5.76 Å². The molecule has 0 spiro atoms. The number of hydrogen-bond acceptors (Lipinski definition) is 7. The van der Waals surface area contributed by atoms with Crippen LogP contribution in [0.5, 0.6) is 0 Å². The summed E-state index contributed by atoms with van der Waals surface area (Å²) in [5.74, 6) is 0.499. The number of anilines is 1. The van der Waals surface area contributed by atoms with E-state index in [1.54, 1.807) is 24.3 Å². The molecule has 1 heterocycles. The van der Waals surface area contributed by atoms with Crippen molar-refractivity contribution in [1.29, 1.82) is 5.26 Å². The Morgan fingerprint density at radius 1 is 1.42 bits per heavy atom. The summed E-state index contributed by atoms with van der Waals surface area (Å²) >= 11 is 1.37. The molecule has 1 aromatic carbocycles. The molecule has 0 radical (unpaired) electrons. The van der Waals surface area contributed by atoms with Gasteiger partial charge in [-0.2, -0.15) is 5.26 Å². The van der Waals surface area contributed by atoms with E-state index in [0.717, 1.165) is 17.0 Å². The maximum atomic E-state index is 12.1. The van der Waals surface area contributed by atoms with E-state index in [-0.39, 0.29) is 5.75 Å². The summed E-state index contributed by atoms with van der Waals surface area (Å²) in [7, 11) is 0. The quantitative estimate of drug-likeness (QED) is 0.744. The van der Waals surface area contributed by atoms with E-state index in [2.05, 4.69) is 10.5 Å². The number of hydrogen-bond donors (Lipinski definition) is 1. The molecule has 1 aromatic heterocycles. The lowest BCUT2D eigenvalue weighted by atomic mass is 10.2. The maximum Gasteiger partial charge on any atom is 0.316 e. The highest BCUT2D eigenvalue weighted by Crippen LogP contribution is 2.19. The Labute approximate surface area is 155 Å². The Bertz CT molecular complexity index is 822. The molecule has 2 rings (SSSR count). The number of esters is 1. The molecule has 1 atom stereocenters. The lowest BCUT2D eigenvalue weighted by Gasteiger charge is -2.13. The molecule has 1 amide bonds. The van der Waals surface area contributed by atoms with Crippen molar-refractivity contribution in [2.75, 3.05) is 11.1 Å². The smallest absolute Gasteiger partial charge is 0.316 e. The van der Waals surface area contributed by atoms with E-state index >= 15 is 0 Å². The molecular weight excluding hydrogens is 354 g/mol. The van der Waals surface area contributed by atoms with E-state index in [1.807, 2.05) is 19.9 Å². The Balaban J connectivity index is 1.78. The van der Waals surface area contributed by atoms with E-state index in [4.69, 9.17) is 14.5 Å². The second-order valence-electron chi connectivity index (χ2n) is 5.61. The van der Waals surface area contributed by atoms with Crippen molar-refractivity contribution in [3.63, 3.8) is 0 Å². The fraction of sp³-hybridized carbons (Fsp3) is 0.333. The Hall–Kier alpha value is -2.79. The average Bonchev–Trinajstić information content (AvgIpc) is 2.93. The molecule has 0 saturated heterocycles. The highest BCUT2D eigenvalue weighted by atomic mass is 32.2. The fourth-order valence-corrected chi connectivity index (χ4v) is 3.09. The molecule has 0 aliphatic rings. The molecule has 2 aromatic rings. The van der Waals surface area contributed by atoms with E-state index in [0.29, 0.717) is 17.0 Å². The van der Waals surface area contributed by atoms with Crippen LogP contribution < -0.4 is 5.32 Å². The molecule has 0 aliphatic carbocycles. The van der Waals surface area contributed by atoms with Gasteiger partial charge in [-0.25, -0.2) is 0 Å². The number of carbonyl (C=O) groups is 2. The Morgan fingerprint density at radius 3 is 2.85 bits per heavy atom. The zero-order valence-electron chi connectivity index (χ0n) is 14.7. The second-order valence-corrected chi connectivity index (χ2v) is 6.60. The van der Waals surface area contributed by atoms with Crippen LogP contribution in [0.2, 0.25) is 0 Å². The fourth-order valence-electron chi connectivity index (χ4n) is 2.14. The second kappa shape index (κ2) is 9.06.